The van der Waals surface area contributed by atoms with Gasteiger partial charge in [0.25, 0.3) is 0 Å². The van der Waals surface area contributed by atoms with Crippen molar-refractivity contribution in [2.45, 2.75) is 52.6 Å². The molecule has 1 rings (SSSR count). The van der Waals surface area contributed by atoms with Gasteiger partial charge in [-0.15, -0.1) is 0 Å². The van der Waals surface area contributed by atoms with E-state index in [0.717, 1.165) is 37.0 Å². The third kappa shape index (κ3) is 5.33. The summed E-state index contributed by atoms with van der Waals surface area (Å²) in [5, 5.41) is 22.4. The number of aliphatic hydroxyl groups is 1. The number of oxime groups is 1. The summed E-state index contributed by atoms with van der Waals surface area (Å²) >= 11 is 0. The van der Waals surface area contributed by atoms with Crippen LogP contribution in [-0.2, 0) is 0 Å². The van der Waals surface area contributed by atoms with E-state index in [0.29, 0.717) is 5.92 Å². The fraction of sp³-hybridized carbons (Fsp3) is 0.588. The fourth-order valence-corrected chi connectivity index (χ4v) is 2.55. The van der Waals surface area contributed by atoms with Gasteiger partial charge in [0.15, 0.2) is 0 Å². The minimum atomic E-state index is -0.291. The Labute approximate surface area is 122 Å². The molecule has 3 nitrogen and oxygen atoms in total. The van der Waals surface area contributed by atoms with Gasteiger partial charge in [0.2, 0.25) is 0 Å². The first-order chi connectivity index (χ1) is 9.58. The Balaban J connectivity index is 2.73. The smallest absolute Gasteiger partial charge is 0.0870 e. The largest absolute Gasteiger partial charge is 0.411 e. The minimum absolute atomic E-state index is 0.266. The van der Waals surface area contributed by atoms with E-state index >= 15 is 0 Å². The number of aliphatic hydroxyl groups excluding tert-OH is 1. The summed E-state index contributed by atoms with van der Waals surface area (Å²) in [4.78, 5) is 0. The second-order valence-electron chi connectivity index (χ2n) is 5.73. The Hall–Kier alpha value is -1.35. The predicted octanol–water partition coefficient (Wildman–Crippen LogP) is 4.08. The van der Waals surface area contributed by atoms with Crippen LogP contribution in [0.15, 0.2) is 35.5 Å². The van der Waals surface area contributed by atoms with Crippen LogP contribution in [0.1, 0.15) is 52.0 Å². The van der Waals surface area contributed by atoms with E-state index in [4.69, 9.17) is 0 Å². The summed E-state index contributed by atoms with van der Waals surface area (Å²) in [6, 6.07) is 9.80. The molecule has 2 N–H and O–H groups in total. The lowest BCUT2D eigenvalue weighted by molar-refractivity contribution is 0.118. The van der Waals surface area contributed by atoms with Crippen molar-refractivity contribution < 1.29 is 10.3 Å². The Morgan fingerprint density at radius 3 is 2.35 bits per heavy atom. The zero-order valence-electron chi connectivity index (χ0n) is 12.8. The Morgan fingerprint density at radius 1 is 1.20 bits per heavy atom. The molecule has 0 saturated heterocycles. The van der Waals surface area contributed by atoms with Gasteiger partial charge in [-0.25, -0.2) is 0 Å². The topological polar surface area (TPSA) is 52.8 Å². The standard InChI is InChI=1S/C17H27NO2/c1-4-8-15(11-13(2)14(3)19)12-17(18-20)16-9-6-5-7-10-16/h5-7,9-10,13-15,19-20H,4,8,11-12H2,1-3H3. The monoisotopic (exact) mass is 277 g/mol. The van der Waals surface area contributed by atoms with Gasteiger partial charge in [-0.3, -0.25) is 0 Å². The molecular weight excluding hydrogens is 250 g/mol. The van der Waals surface area contributed by atoms with Crippen LogP contribution in [0, 0.1) is 11.8 Å². The zero-order valence-corrected chi connectivity index (χ0v) is 12.8. The summed E-state index contributed by atoms with van der Waals surface area (Å²) < 4.78 is 0. The van der Waals surface area contributed by atoms with Crippen LogP contribution < -0.4 is 0 Å². The van der Waals surface area contributed by atoms with Gasteiger partial charge in [0.05, 0.1) is 11.8 Å². The number of hydrogen-bond donors (Lipinski definition) is 2. The predicted molar refractivity (Wildman–Crippen MR) is 83.2 cm³/mol. The molecule has 0 spiro atoms. The van der Waals surface area contributed by atoms with E-state index in [1.165, 1.54) is 0 Å². The van der Waals surface area contributed by atoms with Crippen molar-refractivity contribution in [3.63, 3.8) is 0 Å². The molecule has 0 aliphatic carbocycles. The SMILES string of the molecule is CCCC(CC(=NO)c1ccccc1)CC(C)C(C)O. The molecule has 0 fully saturated rings. The van der Waals surface area contributed by atoms with Crippen LogP contribution in [0.25, 0.3) is 0 Å². The second kappa shape index (κ2) is 8.75. The molecule has 1 aromatic rings. The number of rotatable bonds is 8. The molecule has 0 saturated carbocycles. The van der Waals surface area contributed by atoms with Gasteiger partial charge in [-0.05, 0) is 37.2 Å². The van der Waals surface area contributed by atoms with E-state index in [9.17, 15) is 10.3 Å². The van der Waals surface area contributed by atoms with Crippen molar-refractivity contribution in [1.82, 2.24) is 0 Å². The van der Waals surface area contributed by atoms with Gasteiger partial charge in [-0.2, -0.15) is 0 Å². The molecule has 0 amide bonds. The summed E-state index contributed by atoms with van der Waals surface area (Å²) in [5.41, 5.74) is 1.71. The minimum Gasteiger partial charge on any atom is -0.411 e. The van der Waals surface area contributed by atoms with Gasteiger partial charge in [-0.1, -0.05) is 62.2 Å². The van der Waals surface area contributed by atoms with Crippen molar-refractivity contribution in [3.05, 3.63) is 35.9 Å². The molecule has 0 aliphatic heterocycles. The van der Waals surface area contributed by atoms with Crippen molar-refractivity contribution in [1.29, 1.82) is 0 Å². The number of benzene rings is 1. The molecule has 0 aliphatic rings. The Morgan fingerprint density at radius 2 is 1.85 bits per heavy atom. The maximum absolute atomic E-state index is 9.67. The molecule has 112 valence electrons. The van der Waals surface area contributed by atoms with Crippen molar-refractivity contribution in [2.75, 3.05) is 0 Å². The summed E-state index contributed by atoms with van der Waals surface area (Å²) in [5.74, 6) is 0.706. The third-order valence-electron chi connectivity index (χ3n) is 3.94. The zero-order chi connectivity index (χ0) is 15.0. The molecule has 3 atom stereocenters. The highest BCUT2D eigenvalue weighted by Gasteiger charge is 2.19. The molecule has 20 heavy (non-hydrogen) atoms. The lowest BCUT2D eigenvalue weighted by atomic mass is 9.85. The van der Waals surface area contributed by atoms with Crippen LogP contribution in [0.4, 0.5) is 0 Å². The van der Waals surface area contributed by atoms with Crippen LogP contribution in [0.2, 0.25) is 0 Å². The normalized spacial score (nSPS) is 16.7. The third-order valence-corrected chi connectivity index (χ3v) is 3.94. The first-order valence-electron chi connectivity index (χ1n) is 7.52. The first kappa shape index (κ1) is 16.7. The highest BCUT2D eigenvalue weighted by molar-refractivity contribution is 6.00. The van der Waals surface area contributed by atoms with E-state index < -0.39 is 0 Å². The molecule has 0 heterocycles. The summed E-state index contributed by atoms with van der Waals surface area (Å²) in [7, 11) is 0. The number of nitrogens with zero attached hydrogens (tertiary/aromatic N) is 1. The summed E-state index contributed by atoms with van der Waals surface area (Å²) in [6.45, 7) is 6.08. The Bertz CT molecular complexity index is 401. The molecule has 1 aromatic carbocycles. The fourth-order valence-electron chi connectivity index (χ4n) is 2.55. The molecular formula is C17H27NO2. The average molecular weight is 277 g/mol. The first-order valence-corrected chi connectivity index (χ1v) is 7.52. The maximum Gasteiger partial charge on any atom is 0.0870 e. The van der Waals surface area contributed by atoms with E-state index in [1.54, 1.807) is 0 Å². The van der Waals surface area contributed by atoms with Crippen LogP contribution in [0.3, 0.4) is 0 Å². The van der Waals surface area contributed by atoms with Crippen LogP contribution >= 0.6 is 0 Å². The molecule has 3 heteroatoms. The lowest BCUT2D eigenvalue weighted by Crippen LogP contribution is -2.19. The van der Waals surface area contributed by atoms with Gasteiger partial charge >= 0.3 is 0 Å². The quantitative estimate of drug-likeness (QED) is 0.427. The van der Waals surface area contributed by atoms with Crippen molar-refractivity contribution >= 4 is 5.71 Å². The van der Waals surface area contributed by atoms with E-state index in [1.807, 2.05) is 37.3 Å². The van der Waals surface area contributed by atoms with E-state index in [-0.39, 0.29) is 12.0 Å². The molecule has 0 radical (unpaired) electrons. The summed E-state index contributed by atoms with van der Waals surface area (Å²) in [6.07, 6.45) is 3.61. The molecule has 0 bridgehead atoms. The number of hydrogen-bond acceptors (Lipinski definition) is 3. The van der Waals surface area contributed by atoms with Gasteiger partial charge in [0.1, 0.15) is 0 Å². The van der Waals surface area contributed by atoms with Crippen LogP contribution in [-0.4, -0.2) is 22.1 Å². The lowest BCUT2D eigenvalue weighted by Gasteiger charge is -2.22. The van der Waals surface area contributed by atoms with Gasteiger partial charge in [0, 0.05) is 0 Å². The molecule has 0 aromatic heterocycles. The van der Waals surface area contributed by atoms with Crippen LogP contribution in [0.5, 0.6) is 0 Å². The second-order valence-corrected chi connectivity index (χ2v) is 5.73. The average Bonchev–Trinajstić information content (AvgIpc) is 2.45. The van der Waals surface area contributed by atoms with Gasteiger partial charge < -0.3 is 10.3 Å². The highest BCUT2D eigenvalue weighted by Crippen LogP contribution is 2.25. The van der Waals surface area contributed by atoms with Crippen molar-refractivity contribution in [2.24, 2.45) is 17.0 Å². The maximum atomic E-state index is 9.67. The van der Waals surface area contributed by atoms with Crippen molar-refractivity contribution in [3.8, 4) is 0 Å². The highest BCUT2D eigenvalue weighted by atomic mass is 16.4. The molecule has 3 unspecified atom stereocenters. The van der Waals surface area contributed by atoms with E-state index in [2.05, 4.69) is 19.0 Å². The Kier molecular flexibility index (Phi) is 7.31.